The first-order chi connectivity index (χ1) is 19.3. The molecule has 3 unspecified atom stereocenters. The molecular formula is C31H27NO8. The molecule has 1 aromatic heterocycles. The van der Waals surface area contributed by atoms with Gasteiger partial charge in [0.05, 0.1) is 18.1 Å². The number of imide groups is 1. The lowest BCUT2D eigenvalue weighted by Gasteiger charge is -2.25. The van der Waals surface area contributed by atoms with E-state index in [9.17, 15) is 24.0 Å². The minimum atomic E-state index is -1.19. The Labute approximate surface area is 230 Å². The molecule has 3 aromatic rings. The average molecular weight is 542 g/mol. The third kappa shape index (κ3) is 5.63. The first kappa shape index (κ1) is 26.8. The summed E-state index contributed by atoms with van der Waals surface area (Å²) < 4.78 is 15.6. The van der Waals surface area contributed by atoms with E-state index in [4.69, 9.17) is 13.9 Å². The summed E-state index contributed by atoms with van der Waals surface area (Å²) in [6.45, 7) is 1.34. The third-order valence-electron chi connectivity index (χ3n) is 7.17. The van der Waals surface area contributed by atoms with Gasteiger partial charge >= 0.3 is 11.9 Å². The van der Waals surface area contributed by atoms with Crippen LogP contribution in [0, 0.1) is 11.8 Å². The molecule has 9 nitrogen and oxygen atoms in total. The van der Waals surface area contributed by atoms with Crippen molar-refractivity contribution in [3.63, 3.8) is 0 Å². The van der Waals surface area contributed by atoms with E-state index in [0.29, 0.717) is 12.8 Å². The van der Waals surface area contributed by atoms with Crippen LogP contribution in [0.2, 0.25) is 0 Å². The molecule has 5 rings (SSSR count). The van der Waals surface area contributed by atoms with Crippen LogP contribution in [0.25, 0.3) is 0 Å². The van der Waals surface area contributed by atoms with E-state index in [0.717, 1.165) is 16.0 Å². The van der Waals surface area contributed by atoms with Gasteiger partial charge in [-0.15, -0.1) is 0 Å². The topological polar surface area (TPSA) is 120 Å². The van der Waals surface area contributed by atoms with Gasteiger partial charge in [0.15, 0.2) is 12.4 Å². The molecule has 9 heteroatoms. The minimum Gasteiger partial charge on any atom is -0.457 e. The third-order valence-corrected chi connectivity index (χ3v) is 7.17. The summed E-state index contributed by atoms with van der Waals surface area (Å²) in [6, 6.07) is 16.6. The number of benzene rings is 2. The lowest BCUT2D eigenvalue weighted by molar-refractivity contribution is -0.158. The quantitative estimate of drug-likeness (QED) is 0.130. The molecule has 1 aliphatic carbocycles. The van der Waals surface area contributed by atoms with Gasteiger partial charge in [0.1, 0.15) is 11.8 Å². The number of fused-ring (bicyclic) bond motifs is 1. The van der Waals surface area contributed by atoms with Crippen molar-refractivity contribution in [2.24, 2.45) is 11.8 Å². The Morgan fingerprint density at radius 3 is 2.38 bits per heavy atom. The molecule has 0 radical (unpaired) electrons. The van der Waals surface area contributed by atoms with Gasteiger partial charge in [-0.2, -0.15) is 0 Å². The Morgan fingerprint density at radius 1 is 0.950 bits per heavy atom. The molecule has 2 aromatic carbocycles. The molecule has 0 spiro atoms. The molecule has 204 valence electrons. The number of Topliss-reactive ketones (excluding diaryl/α,β-unsaturated/α-hetero) is 1. The van der Waals surface area contributed by atoms with Gasteiger partial charge in [-0.3, -0.25) is 19.3 Å². The number of esters is 2. The Kier molecular flexibility index (Phi) is 7.72. The van der Waals surface area contributed by atoms with Crippen LogP contribution in [0.15, 0.2) is 89.1 Å². The number of ketones is 1. The van der Waals surface area contributed by atoms with E-state index < -0.39 is 42.2 Å². The van der Waals surface area contributed by atoms with Crippen LogP contribution in [0.1, 0.15) is 46.2 Å². The molecule has 3 atom stereocenters. The largest absolute Gasteiger partial charge is 0.457 e. The summed E-state index contributed by atoms with van der Waals surface area (Å²) in [4.78, 5) is 65.8. The molecular weight excluding hydrogens is 514 g/mol. The van der Waals surface area contributed by atoms with Gasteiger partial charge in [0.25, 0.3) is 0 Å². The second-order valence-electron chi connectivity index (χ2n) is 9.88. The molecule has 0 N–H and O–H groups in total. The van der Waals surface area contributed by atoms with Crippen molar-refractivity contribution < 1.29 is 37.9 Å². The number of hydrogen-bond donors (Lipinski definition) is 0. The van der Waals surface area contributed by atoms with Gasteiger partial charge in [0, 0.05) is 12.0 Å². The van der Waals surface area contributed by atoms with Gasteiger partial charge < -0.3 is 13.9 Å². The van der Waals surface area contributed by atoms with Crippen LogP contribution in [-0.4, -0.2) is 47.1 Å². The van der Waals surface area contributed by atoms with Gasteiger partial charge in [-0.05, 0) is 61.7 Å². The SMILES string of the molecule is CC1=CCC2C(=O)N(C(Cc3ccccc3)C(=O)OCC(=O)c3ccc(OC(=O)c4ccco4)cc3)C(=O)C2C1. The van der Waals surface area contributed by atoms with Crippen molar-refractivity contribution in [1.82, 2.24) is 4.90 Å². The van der Waals surface area contributed by atoms with Crippen LogP contribution < -0.4 is 4.74 Å². The Bertz CT molecular complexity index is 1460. The molecule has 1 aliphatic heterocycles. The fourth-order valence-electron chi connectivity index (χ4n) is 5.06. The highest BCUT2D eigenvalue weighted by atomic mass is 16.5. The number of ether oxygens (including phenoxy) is 2. The summed E-state index contributed by atoms with van der Waals surface area (Å²) in [5.74, 6) is -3.52. The van der Waals surface area contributed by atoms with Crippen LogP contribution >= 0.6 is 0 Å². The Balaban J connectivity index is 1.26. The highest BCUT2D eigenvalue weighted by Gasteiger charge is 2.52. The van der Waals surface area contributed by atoms with Crippen molar-refractivity contribution in [1.29, 1.82) is 0 Å². The van der Waals surface area contributed by atoms with E-state index in [2.05, 4.69) is 0 Å². The zero-order chi connectivity index (χ0) is 28.2. The summed E-state index contributed by atoms with van der Waals surface area (Å²) in [6.07, 6.45) is 4.32. The van der Waals surface area contributed by atoms with Gasteiger partial charge in [0.2, 0.25) is 17.6 Å². The molecule has 0 bridgehead atoms. The number of hydrogen-bond acceptors (Lipinski definition) is 8. The second kappa shape index (κ2) is 11.5. The number of allylic oxidation sites excluding steroid dienone is 2. The average Bonchev–Trinajstić information content (AvgIpc) is 3.59. The molecule has 1 fully saturated rings. The minimum absolute atomic E-state index is 0.0396. The molecule has 2 heterocycles. The molecule has 40 heavy (non-hydrogen) atoms. The van der Waals surface area contributed by atoms with Crippen molar-refractivity contribution in [2.45, 2.75) is 32.2 Å². The van der Waals surface area contributed by atoms with Gasteiger partial charge in [-0.25, -0.2) is 9.59 Å². The van der Waals surface area contributed by atoms with E-state index >= 15 is 0 Å². The van der Waals surface area contributed by atoms with E-state index in [1.165, 1.54) is 36.6 Å². The lowest BCUT2D eigenvalue weighted by Crippen LogP contribution is -2.48. The number of likely N-dealkylation sites (tertiary alicyclic amines) is 1. The summed E-state index contributed by atoms with van der Waals surface area (Å²) in [5, 5.41) is 0. The molecule has 2 amide bonds. The lowest BCUT2D eigenvalue weighted by atomic mass is 9.82. The van der Waals surface area contributed by atoms with E-state index in [1.54, 1.807) is 30.3 Å². The molecule has 0 saturated carbocycles. The normalized spacial score (nSPS) is 19.0. The second-order valence-corrected chi connectivity index (χ2v) is 9.88. The fourth-order valence-corrected chi connectivity index (χ4v) is 5.06. The van der Waals surface area contributed by atoms with Crippen LogP contribution in [0.5, 0.6) is 5.75 Å². The van der Waals surface area contributed by atoms with E-state index in [-0.39, 0.29) is 35.3 Å². The van der Waals surface area contributed by atoms with Crippen molar-refractivity contribution in [2.75, 3.05) is 6.61 Å². The monoisotopic (exact) mass is 541 g/mol. The summed E-state index contributed by atoms with van der Waals surface area (Å²) in [7, 11) is 0. The van der Waals surface area contributed by atoms with Crippen molar-refractivity contribution >= 4 is 29.5 Å². The molecule has 1 saturated heterocycles. The molecule has 2 aliphatic rings. The number of nitrogens with zero attached hydrogens (tertiary/aromatic N) is 1. The summed E-state index contributed by atoms with van der Waals surface area (Å²) >= 11 is 0. The number of carbonyl (C=O) groups excluding carboxylic acids is 5. The maximum atomic E-state index is 13.3. The van der Waals surface area contributed by atoms with E-state index in [1.807, 2.05) is 19.1 Å². The summed E-state index contributed by atoms with van der Waals surface area (Å²) in [5.41, 5.74) is 2.02. The standard InChI is InChI=1S/C31H27NO8/c1-19-9-14-23-24(16-19)29(35)32(28(23)34)25(17-20-6-3-2-4-7-20)30(36)39-18-26(33)21-10-12-22(13-11-21)40-31(37)27-8-5-15-38-27/h2-13,15,23-25H,14,16-18H2,1H3. The maximum absolute atomic E-state index is 13.3. The predicted molar refractivity (Wildman–Crippen MR) is 141 cm³/mol. The predicted octanol–water partition coefficient (Wildman–Crippen LogP) is 4.18. The van der Waals surface area contributed by atoms with Crippen LogP contribution in [-0.2, 0) is 25.5 Å². The van der Waals surface area contributed by atoms with Crippen molar-refractivity contribution in [3.8, 4) is 5.75 Å². The Morgan fingerprint density at radius 2 is 1.68 bits per heavy atom. The van der Waals surface area contributed by atoms with Crippen LogP contribution in [0.3, 0.4) is 0 Å². The zero-order valence-electron chi connectivity index (χ0n) is 21.8. The highest BCUT2D eigenvalue weighted by Crippen LogP contribution is 2.39. The van der Waals surface area contributed by atoms with Crippen LogP contribution in [0.4, 0.5) is 0 Å². The number of furan rings is 1. The first-order valence-electron chi connectivity index (χ1n) is 12.9. The van der Waals surface area contributed by atoms with Crippen molar-refractivity contribution in [3.05, 3.63) is 102 Å². The Hall–Kier alpha value is -4.79. The van der Waals surface area contributed by atoms with Gasteiger partial charge in [-0.1, -0.05) is 42.0 Å². The zero-order valence-corrected chi connectivity index (χ0v) is 21.8. The number of rotatable bonds is 9. The first-order valence-corrected chi connectivity index (χ1v) is 12.9. The smallest absolute Gasteiger partial charge is 0.379 e. The highest BCUT2D eigenvalue weighted by molar-refractivity contribution is 6.08. The maximum Gasteiger partial charge on any atom is 0.379 e. The number of amides is 2. The number of carbonyl (C=O) groups is 5. The fraction of sp³-hybridized carbons (Fsp3) is 0.258.